The zero-order valence-corrected chi connectivity index (χ0v) is 15.6. The fraction of sp³-hybridized carbons (Fsp3) is 0.412. The average molecular weight is 381 g/mol. The molecule has 6 nitrogen and oxygen atoms in total. The summed E-state index contributed by atoms with van der Waals surface area (Å²) in [5.41, 5.74) is 1.10. The van der Waals surface area contributed by atoms with Crippen LogP contribution in [0.4, 0.5) is 11.6 Å². The van der Waals surface area contributed by atoms with E-state index in [9.17, 15) is 8.42 Å². The lowest BCUT2D eigenvalue weighted by Crippen LogP contribution is -2.36. The third-order valence-corrected chi connectivity index (χ3v) is 6.33. The van der Waals surface area contributed by atoms with E-state index in [2.05, 4.69) is 15.3 Å². The van der Waals surface area contributed by atoms with Crippen molar-refractivity contribution in [1.82, 2.24) is 9.97 Å². The number of nitrogens with zero attached hydrogens (tertiary/aromatic N) is 3. The Morgan fingerprint density at radius 1 is 1.28 bits per heavy atom. The van der Waals surface area contributed by atoms with Gasteiger partial charge in [-0.05, 0) is 31.0 Å². The Bertz CT molecular complexity index is 827. The van der Waals surface area contributed by atoms with Crippen molar-refractivity contribution >= 4 is 33.1 Å². The highest BCUT2D eigenvalue weighted by Crippen LogP contribution is 2.24. The Balaban J connectivity index is 1.70. The molecular formula is C17H21ClN4O2S. The van der Waals surface area contributed by atoms with Crippen molar-refractivity contribution < 1.29 is 8.42 Å². The zero-order chi connectivity index (χ0) is 17.9. The minimum atomic E-state index is -2.93. The number of benzene rings is 1. The van der Waals surface area contributed by atoms with Gasteiger partial charge >= 0.3 is 0 Å². The monoisotopic (exact) mass is 380 g/mol. The van der Waals surface area contributed by atoms with Gasteiger partial charge in [-0.2, -0.15) is 0 Å². The Hall–Kier alpha value is -1.86. The fourth-order valence-electron chi connectivity index (χ4n) is 3.02. The van der Waals surface area contributed by atoms with Gasteiger partial charge < -0.3 is 10.2 Å². The van der Waals surface area contributed by atoms with E-state index in [0.29, 0.717) is 30.4 Å². The summed E-state index contributed by atoms with van der Waals surface area (Å²) >= 11 is 5.89. The number of rotatable bonds is 6. The quantitative estimate of drug-likeness (QED) is 0.830. The number of halogens is 1. The topological polar surface area (TPSA) is 75.2 Å². The third-order valence-electron chi connectivity index (χ3n) is 4.32. The largest absolute Gasteiger partial charge is 0.366 e. The summed E-state index contributed by atoms with van der Waals surface area (Å²) in [5.74, 6) is 1.90. The van der Waals surface area contributed by atoms with Crippen LogP contribution in [0.25, 0.3) is 0 Å². The summed E-state index contributed by atoms with van der Waals surface area (Å²) in [6.07, 6.45) is 2.15. The highest BCUT2D eigenvalue weighted by atomic mass is 35.5. The summed E-state index contributed by atoms with van der Waals surface area (Å²) < 4.78 is 23.5. The van der Waals surface area contributed by atoms with E-state index in [1.54, 1.807) is 0 Å². The highest BCUT2D eigenvalue weighted by Gasteiger charge is 2.32. The minimum absolute atomic E-state index is 0.0194. The van der Waals surface area contributed by atoms with E-state index >= 15 is 0 Å². The Labute approximate surface area is 153 Å². The van der Waals surface area contributed by atoms with Crippen molar-refractivity contribution in [1.29, 1.82) is 0 Å². The number of aromatic nitrogens is 2. The lowest BCUT2D eigenvalue weighted by molar-refractivity contribution is 0.599. The minimum Gasteiger partial charge on any atom is -0.366 e. The molecule has 8 heteroatoms. The van der Waals surface area contributed by atoms with Gasteiger partial charge in [0.1, 0.15) is 18.0 Å². The van der Waals surface area contributed by atoms with Crippen LogP contribution in [0.3, 0.4) is 0 Å². The summed E-state index contributed by atoms with van der Waals surface area (Å²) in [7, 11) is -2.93. The molecule has 134 valence electrons. The second kappa shape index (κ2) is 7.58. The van der Waals surface area contributed by atoms with E-state index in [0.717, 1.165) is 11.4 Å². The normalized spacial score (nSPS) is 18.9. The average Bonchev–Trinajstić information content (AvgIpc) is 2.95. The summed E-state index contributed by atoms with van der Waals surface area (Å²) in [4.78, 5) is 10.6. The van der Waals surface area contributed by atoms with E-state index < -0.39 is 9.84 Å². The molecule has 1 aromatic heterocycles. The van der Waals surface area contributed by atoms with Crippen molar-refractivity contribution in [2.45, 2.75) is 25.9 Å². The van der Waals surface area contributed by atoms with Crippen LogP contribution in [-0.2, 0) is 16.4 Å². The van der Waals surface area contributed by atoms with E-state index in [1.165, 1.54) is 6.33 Å². The van der Waals surface area contributed by atoms with Crippen LogP contribution in [0.2, 0.25) is 5.02 Å². The zero-order valence-electron chi connectivity index (χ0n) is 14.0. The first-order chi connectivity index (χ1) is 12.0. The van der Waals surface area contributed by atoms with Gasteiger partial charge in [-0.15, -0.1) is 0 Å². The maximum absolute atomic E-state index is 11.8. The third kappa shape index (κ3) is 4.61. The Kier molecular flexibility index (Phi) is 5.44. The molecule has 0 saturated carbocycles. The molecule has 3 rings (SSSR count). The van der Waals surface area contributed by atoms with Crippen LogP contribution in [0.5, 0.6) is 0 Å². The van der Waals surface area contributed by atoms with Gasteiger partial charge in [-0.3, -0.25) is 0 Å². The van der Waals surface area contributed by atoms with Gasteiger partial charge in [0.2, 0.25) is 0 Å². The van der Waals surface area contributed by atoms with Crippen LogP contribution in [0.1, 0.15) is 18.9 Å². The first kappa shape index (κ1) is 17.9. The highest BCUT2D eigenvalue weighted by molar-refractivity contribution is 7.91. The lowest BCUT2D eigenvalue weighted by Gasteiger charge is -2.28. The summed E-state index contributed by atoms with van der Waals surface area (Å²) in [5, 5.41) is 3.97. The summed E-state index contributed by atoms with van der Waals surface area (Å²) in [6, 6.07) is 9.46. The maximum atomic E-state index is 11.8. The second-order valence-electron chi connectivity index (χ2n) is 6.08. The molecule has 1 aliphatic heterocycles. The number of sulfone groups is 1. The molecule has 1 saturated heterocycles. The molecule has 1 fully saturated rings. The van der Waals surface area contributed by atoms with E-state index in [4.69, 9.17) is 11.6 Å². The predicted molar refractivity (Wildman–Crippen MR) is 101 cm³/mol. The first-order valence-corrected chi connectivity index (χ1v) is 10.4. The molecule has 1 aliphatic rings. The summed E-state index contributed by atoms with van der Waals surface area (Å²) in [6.45, 7) is 3.33. The van der Waals surface area contributed by atoms with Gasteiger partial charge in [0.05, 0.1) is 11.5 Å². The van der Waals surface area contributed by atoms with Gasteiger partial charge in [-0.1, -0.05) is 23.7 Å². The van der Waals surface area contributed by atoms with Gasteiger partial charge in [0, 0.05) is 30.2 Å². The van der Waals surface area contributed by atoms with Crippen molar-refractivity contribution in [3.05, 3.63) is 47.2 Å². The van der Waals surface area contributed by atoms with Crippen LogP contribution >= 0.6 is 11.6 Å². The van der Waals surface area contributed by atoms with Gasteiger partial charge in [-0.25, -0.2) is 18.4 Å². The standard InChI is InChI=1S/C17H21ClN4O2S/c1-2-22(15-7-8-25(23,24)11-15)17-9-16(20-12-21-17)19-10-13-3-5-14(18)6-4-13/h3-6,9,12,15H,2,7-8,10-11H2,1H3,(H,19,20,21). The van der Waals surface area contributed by atoms with Gasteiger partial charge in [0.25, 0.3) is 0 Å². The molecule has 1 unspecified atom stereocenters. The molecule has 1 aromatic carbocycles. The Morgan fingerprint density at radius 3 is 2.68 bits per heavy atom. The SMILES string of the molecule is CCN(c1cc(NCc2ccc(Cl)cc2)ncn1)C1CCS(=O)(=O)C1. The van der Waals surface area contributed by atoms with Crippen molar-refractivity contribution in [2.75, 3.05) is 28.3 Å². The van der Waals surface area contributed by atoms with Crippen molar-refractivity contribution in [3.63, 3.8) is 0 Å². The molecule has 0 aliphatic carbocycles. The number of hydrogen-bond acceptors (Lipinski definition) is 6. The lowest BCUT2D eigenvalue weighted by atomic mass is 10.2. The van der Waals surface area contributed by atoms with E-state index in [1.807, 2.05) is 42.2 Å². The van der Waals surface area contributed by atoms with Crippen LogP contribution in [-0.4, -0.2) is 42.5 Å². The molecule has 1 N–H and O–H groups in total. The van der Waals surface area contributed by atoms with Crippen LogP contribution in [0, 0.1) is 0 Å². The molecule has 0 radical (unpaired) electrons. The molecule has 25 heavy (non-hydrogen) atoms. The number of anilines is 2. The van der Waals surface area contributed by atoms with Crippen molar-refractivity contribution in [3.8, 4) is 0 Å². The smallest absolute Gasteiger partial charge is 0.152 e. The molecule has 0 amide bonds. The molecular weight excluding hydrogens is 360 g/mol. The van der Waals surface area contributed by atoms with Crippen LogP contribution in [0.15, 0.2) is 36.7 Å². The first-order valence-electron chi connectivity index (χ1n) is 8.24. The number of hydrogen-bond donors (Lipinski definition) is 1. The molecule has 2 heterocycles. The predicted octanol–water partition coefficient (Wildman–Crippen LogP) is 2.76. The van der Waals surface area contributed by atoms with E-state index in [-0.39, 0.29) is 17.5 Å². The molecule has 0 spiro atoms. The maximum Gasteiger partial charge on any atom is 0.152 e. The molecule has 2 aromatic rings. The van der Waals surface area contributed by atoms with Crippen LogP contribution < -0.4 is 10.2 Å². The number of nitrogens with one attached hydrogen (secondary N) is 1. The van der Waals surface area contributed by atoms with Gasteiger partial charge in [0.15, 0.2) is 9.84 Å². The Morgan fingerprint density at radius 2 is 2.04 bits per heavy atom. The molecule has 0 bridgehead atoms. The van der Waals surface area contributed by atoms with Crippen molar-refractivity contribution in [2.24, 2.45) is 0 Å². The molecule has 1 atom stereocenters. The fourth-order valence-corrected chi connectivity index (χ4v) is 4.88. The second-order valence-corrected chi connectivity index (χ2v) is 8.75.